The first-order chi connectivity index (χ1) is 12.8. The van der Waals surface area contributed by atoms with E-state index in [1.807, 2.05) is 0 Å². The van der Waals surface area contributed by atoms with Crippen molar-refractivity contribution in [1.82, 2.24) is 9.61 Å². The van der Waals surface area contributed by atoms with Gasteiger partial charge < -0.3 is 0 Å². The van der Waals surface area contributed by atoms with Gasteiger partial charge in [-0.2, -0.15) is 5.10 Å². The van der Waals surface area contributed by atoms with Crippen LogP contribution in [0.25, 0.3) is 38.7 Å². The Morgan fingerprint density at radius 1 is 0.615 bits per heavy atom. The van der Waals surface area contributed by atoms with Gasteiger partial charge in [-0.3, -0.25) is 0 Å². The standard InChI is InChI=1S/C24H18N2/c1-17-16-22-24(19-12-6-3-7-13-19)23(18-10-4-2-5-11-18)20-14-8-9-15-21(20)26(22)25-17/h2-16H,1H3. The van der Waals surface area contributed by atoms with Crippen LogP contribution >= 0.6 is 0 Å². The van der Waals surface area contributed by atoms with Crippen molar-refractivity contribution < 1.29 is 0 Å². The topological polar surface area (TPSA) is 17.3 Å². The molecule has 0 fully saturated rings. The maximum atomic E-state index is 4.78. The van der Waals surface area contributed by atoms with Crippen molar-refractivity contribution in [3.8, 4) is 22.3 Å². The Morgan fingerprint density at radius 3 is 1.88 bits per heavy atom. The van der Waals surface area contributed by atoms with Gasteiger partial charge in [0.25, 0.3) is 0 Å². The first-order valence-corrected chi connectivity index (χ1v) is 8.85. The lowest BCUT2D eigenvalue weighted by molar-refractivity contribution is 0.972. The zero-order valence-corrected chi connectivity index (χ0v) is 14.6. The van der Waals surface area contributed by atoms with Crippen LogP contribution in [0.1, 0.15) is 5.69 Å². The number of aromatic nitrogens is 2. The van der Waals surface area contributed by atoms with Gasteiger partial charge >= 0.3 is 0 Å². The van der Waals surface area contributed by atoms with Crippen LogP contribution in [0, 0.1) is 6.92 Å². The highest BCUT2D eigenvalue weighted by Crippen LogP contribution is 2.41. The Balaban J connectivity index is 2.05. The second kappa shape index (κ2) is 5.85. The van der Waals surface area contributed by atoms with Crippen LogP contribution in [0.5, 0.6) is 0 Å². The second-order valence-electron chi connectivity index (χ2n) is 6.58. The molecule has 0 saturated heterocycles. The zero-order valence-electron chi connectivity index (χ0n) is 14.6. The van der Waals surface area contributed by atoms with Crippen molar-refractivity contribution in [3.05, 3.63) is 96.7 Å². The molecule has 2 heteroatoms. The number of pyridine rings is 1. The van der Waals surface area contributed by atoms with Crippen molar-refractivity contribution in [2.45, 2.75) is 6.92 Å². The molecular formula is C24H18N2. The third kappa shape index (κ3) is 2.23. The molecule has 0 saturated carbocycles. The van der Waals surface area contributed by atoms with E-state index in [1.54, 1.807) is 0 Å². The van der Waals surface area contributed by atoms with E-state index in [0.717, 1.165) is 16.7 Å². The fourth-order valence-electron chi connectivity index (χ4n) is 3.80. The minimum Gasteiger partial charge on any atom is -0.232 e. The van der Waals surface area contributed by atoms with Gasteiger partial charge in [-0.1, -0.05) is 78.9 Å². The van der Waals surface area contributed by atoms with E-state index in [1.165, 1.54) is 27.6 Å². The van der Waals surface area contributed by atoms with E-state index in [0.29, 0.717) is 0 Å². The summed E-state index contributed by atoms with van der Waals surface area (Å²) in [5.41, 5.74) is 8.24. The SMILES string of the molecule is Cc1cc2c(-c3ccccc3)c(-c3ccccc3)c3ccccc3n2n1. The summed E-state index contributed by atoms with van der Waals surface area (Å²) in [7, 11) is 0. The summed E-state index contributed by atoms with van der Waals surface area (Å²) in [5, 5.41) is 5.99. The molecule has 2 nitrogen and oxygen atoms in total. The fraction of sp³-hybridized carbons (Fsp3) is 0.0417. The van der Waals surface area contributed by atoms with E-state index < -0.39 is 0 Å². The first-order valence-electron chi connectivity index (χ1n) is 8.85. The summed E-state index contributed by atoms with van der Waals surface area (Å²) < 4.78 is 2.08. The molecule has 0 unspecified atom stereocenters. The summed E-state index contributed by atoms with van der Waals surface area (Å²) in [6.45, 7) is 2.05. The highest BCUT2D eigenvalue weighted by molar-refractivity contribution is 6.08. The number of nitrogens with zero attached hydrogens (tertiary/aromatic N) is 2. The Kier molecular flexibility index (Phi) is 3.36. The molecule has 0 aliphatic heterocycles. The molecule has 5 rings (SSSR count). The average Bonchev–Trinajstić information content (AvgIpc) is 3.09. The minimum absolute atomic E-state index is 1.03. The van der Waals surface area contributed by atoms with Crippen LogP contribution in [0.2, 0.25) is 0 Å². The number of hydrogen-bond donors (Lipinski definition) is 0. The quantitative estimate of drug-likeness (QED) is 0.379. The number of benzene rings is 3. The number of fused-ring (bicyclic) bond motifs is 3. The smallest absolute Gasteiger partial charge is 0.0756 e. The maximum Gasteiger partial charge on any atom is 0.0756 e. The van der Waals surface area contributed by atoms with Gasteiger partial charge in [-0.15, -0.1) is 0 Å². The Hall–Kier alpha value is -3.39. The van der Waals surface area contributed by atoms with E-state index in [9.17, 15) is 0 Å². The van der Waals surface area contributed by atoms with Crippen LogP contribution in [0.3, 0.4) is 0 Å². The fourth-order valence-corrected chi connectivity index (χ4v) is 3.80. The number of rotatable bonds is 2. The molecule has 0 spiro atoms. The van der Waals surface area contributed by atoms with Crippen LogP contribution in [0.15, 0.2) is 91.0 Å². The Morgan fingerprint density at radius 2 is 1.19 bits per heavy atom. The Bertz CT molecular complexity index is 1220. The molecule has 5 aromatic rings. The highest BCUT2D eigenvalue weighted by atomic mass is 15.2. The van der Waals surface area contributed by atoms with Gasteiger partial charge in [0.1, 0.15) is 0 Å². The third-order valence-corrected chi connectivity index (χ3v) is 4.86. The molecule has 2 aromatic heterocycles. The Labute approximate surface area is 152 Å². The number of hydrogen-bond acceptors (Lipinski definition) is 1. The zero-order chi connectivity index (χ0) is 17.5. The molecule has 124 valence electrons. The molecule has 0 aliphatic rings. The summed E-state index contributed by atoms with van der Waals surface area (Å²) in [5.74, 6) is 0. The van der Waals surface area contributed by atoms with Crippen molar-refractivity contribution in [2.24, 2.45) is 0 Å². The predicted octanol–water partition coefficient (Wildman–Crippen LogP) is 6.13. The molecule has 0 aliphatic carbocycles. The van der Waals surface area contributed by atoms with Crippen molar-refractivity contribution in [1.29, 1.82) is 0 Å². The van der Waals surface area contributed by atoms with Crippen molar-refractivity contribution in [3.63, 3.8) is 0 Å². The molecule has 2 heterocycles. The lowest BCUT2D eigenvalue weighted by Gasteiger charge is -2.16. The molecule has 0 radical (unpaired) electrons. The van der Waals surface area contributed by atoms with Crippen LogP contribution in [-0.4, -0.2) is 9.61 Å². The van der Waals surface area contributed by atoms with E-state index in [2.05, 4.69) is 102 Å². The lowest BCUT2D eigenvalue weighted by Crippen LogP contribution is -1.97. The number of aryl methyl sites for hydroxylation is 1. The second-order valence-corrected chi connectivity index (χ2v) is 6.58. The predicted molar refractivity (Wildman–Crippen MR) is 108 cm³/mol. The lowest BCUT2D eigenvalue weighted by atomic mass is 9.91. The summed E-state index contributed by atoms with van der Waals surface area (Å²) in [6.07, 6.45) is 0. The first kappa shape index (κ1) is 14.9. The number of para-hydroxylation sites is 1. The largest absolute Gasteiger partial charge is 0.232 e. The molecule has 0 N–H and O–H groups in total. The van der Waals surface area contributed by atoms with Gasteiger partial charge in [0.15, 0.2) is 0 Å². The van der Waals surface area contributed by atoms with Gasteiger partial charge in [-0.05, 0) is 30.2 Å². The molecule has 0 atom stereocenters. The molecular weight excluding hydrogens is 316 g/mol. The maximum absolute atomic E-state index is 4.78. The third-order valence-electron chi connectivity index (χ3n) is 4.86. The molecule has 3 aromatic carbocycles. The molecule has 0 bridgehead atoms. The van der Waals surface area contributed by atoms with Gasteiger partial charge in [0.2, 0.25) is 0 Å². The molecule has 26 heavy (non-hydrogen) atoms. The normalized spacial score (nSPS) is 11.3. The van der Waals surface area contributed by atoms with Gasteiger partial charge in [-0.25, -0.2) is 4.52 Å². The van der Waals surface area contributed by atoms with Gasteiger partial charge in [0.05, 0.1) is 16.7 Å². The van der Waals surface area contributed by atoms with Crippen LogP contribution in [-0.2, 0) is 0 Å². The van der Waals surface area contributed by atoms with E-state index >= 15 is 0 Å². The van der Waals surface area contributed by atoms with Crippen LogP contribution in [0.4, 0.5) is 0 Å². The average molecular weight is 334 g/mol. The monoisotopic (exact) mass is 334 g/mol. The van der Waals surface area contributed by atoms with E-state index in [4.69, 9.17) is 5.10 Å². The summed E-state index contributed by atoms with van der Waals surface area (Å²) >= 11 is 0. The van der Waals surface area contributed by atoms with E-state index in [-0.39, 0.29) is 0 Å². The highest BCUT2D eigenvalue weighted by Gasteiger charge is 2.18. The minimum atomic E-state index is 1.03. The molecule has 0 amide bonds. The van der Waals surface area contributed by atoms with Crippen LogP contribution < -0.4 is 0 Å². The summed E-state index contributed by atoms with van der Waals surface area (Å²) in [4.78, 5) is 0. The van der Waals surface area contributed by atoms with Crippen molar-refractivity contribution >= 4 is 16.4 Å². The van der Waals surface area contributed by atoms with Gasteiger partial charge in [0, 0.05) is 16.5 Å². The summed E-state index contributed by atoms with van der Waals surface area (Å²) in [6, 6.07) is 32.0. The van der Waals surface area contributed by atoms with Crippen molar-refractivity contribution in [2.75, 3.05) is 0 Å².